The van der Waals surface area contributed by atoms with Gasteiger partial charge >= 0.3 is 0 Å². The summed E-state index contributed by atoms with van der Waals surface area (Å²) in [4.78, 5) is 0. The van der Waals surface area contributed by atoms with E-state index in [4.69, 9.17) is 4.52 Å². The number of hydrogen-bond donors (Lipinski definition) is 0. The Kier molecular flexibility index (Phi) is 4.75. The van der Waals surface area contributed by atoms with Gasteiger partial charge in [0.15, 0.2) is 0 Å². The molecule has 2 rings (SSSR count). The van der Waals surface area contributed by atoms with E-state index in [9.17, 15) is 5.11 Å². The second kappa shape index (κ2) is 6.24. The van der Waals surface area contributed by atoms with Crippen LogP contribution in [0.15, 0.2) is 35.0 Å². The van der Waals surface area contributed by atoms with Gasteiger partial charge in [-0.3, -0.25) is 0 Å². The molecule has 0 atom stereocenters. The van der Waals surface area contributed by atoms with Crippen molar-refractivity contribution in [3.63, 3.8) is 0 Å². The minimum Gasteiger partial charge on any atom is -0.539 e. The number of nitrogens with zero attached hydrogens (tertiary/aromatic N) is 2. The number of hydrogen-bond acceptors (Lipinski definition) is 3. The van der Waals surface area contributed by atoms with Crippen molar-refractivity contribution in [1.29, 1.82) is 0 Å². The van der Waals surface area contributed by atoms with Crippen LogP contribution in [-0.2, 0) is 0 Å². The van der Waals surface area contributed by atoms with Crippen molar-refractivity contribution in [3.05, 3.63) is 30.5 Å². The molecule has 1 aromatic heterocycles. The fourth-order valence-electron chi connectivity index (χ4n) is 4.32. The van der Waals surface area contributed by atoms with E-state index >= 15 is 0 Å². The Hall–Kier alpha value is -1.62. The molecule has 0 unspecified atom stereocenters. The molecule has 1 heterocycles. The molecule has 0 spiro atoms. The first-order valence-electron chi connectivity index (χ1n) is 7.97. The van der Waals surface area contributed by atoms with Crippen LogP contribution in [0.2, 0.25) is 16.6 Å². The van der Waals surface area contributed by atoms with E-state index in [-0.39, 0.29) is 0 Å². The minimum atomic E-state index is -1.83. The van der Waals surface area contributed by atoms with E-state index in [0.717, 1.165) is 5.69 Å². The lowest BCUT2D eigenvalue weighted by molar-refractivity contribution is -0.669. The predicted molar refractivity (Wildman–Crippen MR) is 88.2 cm³/mol. The zero-order valence-corrected chi connectivity index (χ0v) is 15.3. The molecular formula is C17H26N2O2Si. The van der Waals surface area contributed by atoms with Crippen molar-refractivity contribution in [2.45, 2.75) is 58.2 Å². The summed E-state index contributed by atoms with van der Waals surface area (Å²) in [5.74, 6) is -0.416. The van der Waals surface area contributed by atoms with Gasteiger partial charge in [0.1, 0.15) is 14.0 Å². The Morgan fingerprint density at radius 1 is 1.00 bits per heavy atom. The Balaban J connectivity index is 2.73. The topological polar surface area (TPSA) is 53.0 Å². The Bertz CT molecular complexity index is 613. The van der Waals surface area contributed by atoms with E-state index in [0.29, 0.717) is 16.6 Å². The molecule has 0 radical (unpaired) electrons. The largest absolute Gasteiger partial charge is 0.539 e. The molecule has 0 amide bonds. The zero-order valence-electron chi connectivity index (χ0n) is 14.3. The van der Waals surface area contributed by atoms with Crippen LogP contribution < -0.4 is 15.0 Å². The summed E-state index contributed by atoms with van der Waals surface area (Å²) in [6.07, 6.45) is 1.42. The summed E-state index contributed by atoms with van der Waals surface area (Å²) in [7, 11) is -1.83. The quantitative estimate of drug-likeness (QED) is 0.629. The molecule has 1 aromatic carbocycles. The van der Waals surface area contributed by atoms with Gasteiger partial charge in [-0.2, -0.15) is 0 Å². The first-order valence-corrected chi connectivity index (χ1v) is 10.2. The molecule has 0 aliphatic carbocycles. The van der Waals surface area contributed by atoms with E-state index < -0.39 is 14.0 Å². The predicted octanol–water partition coefficient (Wildman–Crippen LogP) is 2.91. The maximum atomic E-state index is 11.4. The lowest BCUT2D eigenvalue weighted by Crippen LogP contribution is -2.59. The van der Waals surface area contributed by atoms with E-state index in [1.807, 2.05) is 12.1 Å². The van der Waals surface area contributed by atoms with Crippen molar-refractivity contribution in [2.75, 3.05) is 0 Å². The third-order valence-electron chi connectivity index (χ3n) is 4.93. The molecule has 0 bridgehead atoms. The van der Waals surface area contributed by atoms with Crippen molar-refractivity contribution in [3.8, 4) is 11.6 Å². The number of rotatable bonds is 5. The normalized spacial score (nSPS) is 12.6. The monoisotopic (exact) mass is 318 g/mol. The highest BCUT2D eigenvalue weighted by Gasteiger charge is 2.47. The van der Waals surface area contributed by atoms with Gasteiger partial charge in [-0.1, -0.05) is 59.7 Å². The third kappa shape index (κ3) is 2.58. The molecule has 22 heavy (non-hydrogen) atoms. The highest BCUT2D eigenvalue weighted by molar-refractivity contribution is 6.95. The highest BCUT2D eigenvalue weighted by Crippen LogP contribution is 2.41. The van der Waals surface area contributed by atoms with Crippen molar-refractivity contribution in [2.24, 2.45) is 0 Å². The lowest BCUT2D eigenvalue weighted by Gasteiger charge is -2.43. The highest BCUT2D eigenvalue weighted by atomic mass is 28.3. The van der Waals surface area contributed by atoms with Crippen LogP contribution in [0, 0.1) is 0 Å². The first kappa shape index (κ1) is 16.7. The molecule has 0 N–H and O–H groups in total. The Labute approximate surface area is 133 Å². The van der Waals surface area contributed by atoms with Gasteiger partial charge in [-0.05, 0) is 21.3 Å². The smallest absolute Gasteiger partial charge is 0.238 e. The molecule has 2 aromatic rings. The van der Waals surface area contributed by atoms with E-state index in [1.165, 1.54) is 11.4 Å². The summed E-state index contributed by atoms with van der Waals surface area (Å²) in [6.45, 7) is 14.0. The van der Waals surface area contributed by atoms with Crippen LogP contribution in [0.25, 0.3) is 5.69 Å². The Morgan fingerprint density at radius 3 is 2.00 bits per heavy atom. The van der Waals surface area contributed by atoms with Crippen LogP contribution in [0.5, 0.6) is 5.95 Å². The molecule has 0 saturated heterocycles. The molecule has 0 fully saturated rings. The van der Waals surface area contributed by atoms with Gasteiger partial charge in [-0.15, -0.1) is 0 Å². The summed E-state index contributed by atoms with van der Waals surface area (Å²) >= 11 is 0. The number of benzene rings is 1. The van der Waals surface area contributed by atoms with Gasteiger partial charge < -0.3 is 9.63 Å². The molecule has 0 aliphatic rings. The maximum Gasteiger partial charge on any atom is 0.238 e. The second-order valence-corrected chi connectivity index (χ2v) is 12.7. The van der Waals surface area contributed by atoms with Gasteiger partial charge in [0.05, 0.1) is 5.27 Å². The molecule has 120 valence electrons. The van der Waals surface area contributed by atoms with Crippen LogP contribution >= 0.6 is 0 Å². The minimum absolute atomic E-state index is 0.416. The zero-order chi connectivity index (χ0) is 16.5. The Morgan fingerprint density at radius 2 is 1.55 bits per heavy atom. The van der Waals surface area contributed by atoms with Crippen molar-refractivity contribution >= 4 is 13.3 Å². The molecular weight excluding hydrogens is 292 g/mol. The molecule has 5 heteroatoms. The van der Waals surface area contributed by atoms with Crippen LogP contribution in [0.3, 0.4) is 0 Å². The maximum absolute atomic E-state index is 11.4. The SMILES string of the molecule is CC(C)[Si](c1ccccc1-[n+]1cc([O-])on1)(C(C)C)C(C)C. The van der Waals surface area contributed by atoms with E-state index in [2.05, 4.69) is 58.9 Å². The van der Waals surface area contributed by atoms with Gasteiger partial charge in [0.2, 0.25) is 11.9 Å². The van der Waals surface area contributed by atoms with Crippen molar-refractivity contribution in [1.82, 2.24) is 5.27 Å². The number of aromatic nitrogens is 2. The van der Waals surface area contributed by atoms with Gasteiger partial charge in [0.25, 0.3) is 0 Å². The van der Waals surface area contributed by atoms with Crippen LogP contribution in [-0.4, -0.2) is 13.3 Å². The number of para-hydroxylation sites is 1. The van der Waals surface area contributed by atoms with Gasteiger partial charge in [0, 0.05) is 11.3 Å². The standard InChI is InChI=1S/C17H26N2O2Si/c1-12(2)22(13(3)4,14(5)6)16-10-8-7-9-15(16)19-11-17(20)21-18-19/h7-14H,1-6H3. The molecule has 0 aliphatic heterocycles. The van der Waals surface area contributed by atoms with Crippen molar-refractivity contribution < 1.29 is 14.3 Å². The van der Waals surface area contributed by atoms with Crippen LogP contribution in [0.4, 0.5) is 0 Å². The third-order valence-corrected chi connectivity index (χ3v) is 12.0. The summed E-state index contributed by atoms with van der Waals surface area (Å²) < 4.78 is 6.33. The molecule has 0 saturated carbocycles. The van der Waals surface area contributed by atoms with Gasteiger partial charge in [-0.25, -0.2) is 0 Å². The second-order valence-electron chi connectivity index (χ2n) is 6.88. The molecule has 4 nitrogen and oxygen atoms in total. The average Bonchev–Trinajstić information content (AvgIpc) is 2.85. The summed E-state index contributed by atoms with van der Waals surface area (Å²) in [6, 6.07) is 8.33. The first-order chi connectivity index (χ1) is 10.3. The summed E-state index contributed by atoms with van der Waals surface area (Å²) in [5.41, 5.74) is 2.75. The lowest BCUT2D eigenvalue weighted by atomic mass is 10.3. The average molecular weight is 318 g/mol. The van der Waals surface area contributed by atoms with Crippen LogP contribution in [0.1, 0.15) is 41.5 Å². The summed E-state index contributed by atoms with van der Waals surface area (Å²) in [5, 5.41) is 16.6. The fourth-order valence-corrected chi connectivity index (χ4v) is 11.2. The van der Waals surface area contributed by atoms with E-state index in [1.54, 1.807) is 4.68 Å². The fraction of sp³-hybridized carbons (Fsp3) is 0.529.